The second-order valence-electron chi connectivity index (χ2n) is 2.08. The first-order valence-corrected chi connectivity index (χ1v) is 4.11. The van der Waals surface area contributed by atoms with Crippen LogP contribution in [-0.4, -0.2) is 21.6 Å². The standard InChI is InChI=1S/C6H6N4S/c7-4-3-11-6-5(10-4)8-1-2-9-6/h1-2H,3H2,(H2,7,8,10). The molecule has 0 spiro atoms. The van der Waals surface area contributed by atoms with Gasteiger partial charge in [-0.3, -0.25) is 0 Å². The smallest absolute Gasteiger partial charge is 0.186 e. The topological polar surface area (TPSA) is 64.2 Å². The number of nitrogens with zero attached hydrogens (tertiary/aromatic N) is 3. The van der Waals surface area contributed by atoms with Crippen molar-refractivity contribution in [3.8, 4) is 0 Å². The second kappa shape index (κ2) is 2.50. The van der Waals surface area contributed by atoms with Gasteiger partial charge in [-0.2, -0.15) is 0 Å². The molecule has 2 rings (SSSR count). The first-order chi connectivity index (χ1) is 5.36. The minimum atomic E-state index is 0.614. The van der Waals surface area contributed by atoms with Gasteiger partial charge >= 0.3 is 0 Å². The normalized spacial score (nSPS) is 15.5. The second-order valence-corrected chi connectivity index (χ2v) is 3.04. The van der Waals surface area contributed by atoms with Gasteiger partial charge in [0.25, 0.3) is 0 Å². The minimum Gasteiger partial charge on any atom is -0.386 e. The number of amidine groups is 1. The molecule has 4 nitrogen and oxygen atoms in total. The predicted molar refractivity (Wildman–Crippen MR) is 44.0 cm³/mol. The summed E-state index contributed by atoms with van der Waals surface area (Å²) in [7, 11) is 0. The van der Waals surface area contributed by atoms with Crippen LogP contribution in [0.3, 0.4) is 0 Å². The van der Waals surface area contributed by atoms with Gasteiger partial charge in [0, 0.05) is 12.4 Å². The molecular formula is C6H6N4S. The molecule has 0 bridgehead atoms. The summed E-state index contributed by atoms with van der Waals surface area (Å²) in [6.07, 6.45) is 3.27. The van der Waals surface area contributed by atoms with Crippen molar-refractivity contribution in [1.29, 1.82) is 0 Å². The molecule has 1 aromatic rings. The molecule has 1 aliphatic heterocycles. The molecule has 2 N–H and O–H groups in total. The summed E-state index contributed by atoms with van der Waals surface area (Å²) in [6, 6.07) is 0. The Hall–Kier alpha value is -1.10. The summed E-state index contributed by atoms with van der Waals surface area (Å²) >= 11 is 1.57. The summed E-state index contributed by atoms with van der Waals surface area (Å²) in [5, 5.41) is 0.863. The summed E-state index contributed by atoms with van der Waals surface area (Å²) < 4.78 is 0. The van der Waals surface area contributed by atoms with Crippen LogP contribution < -0.4 is 5.73 Å². The van der Waals surface area contributed by atoms with E-state index in [4.69, 9.17) is 5.73 Å². The first kappa shape index (κ1) is 6.60. The summed E-state index contributed by atoms with van der Waals surface area (Å²) in [5.74, 6) is 1.97. The zero-order valence-corrected chi connectivity index (χ0v) is 6.51. The molecule has 56 valence electrons. The predicted octanol–water partition coefficient (Wildman–Crippen LogP) is 0.571. The first-order valence-electron chi connectivity index (χ1n) is 3.13. The van der Waals surface area contributed by atoms with Gasteiger partial charge < -0.3 is 5.73 Å². The number of hydrogen-bond donors (Lipinski definition) is 1. The van der Waals surface area contributed by atoms with Gasteiger partial charge in [-0.05, 0) is 0 Å². The van der Waals surface area contributed by atoms with E-state index in [0.717, 1.165) is 5.03 Å². The highest BCUT2D eigenvalue weighted by molar-refractivity contribution is 8.00. The van der Waals surface area contributed by atoms with Crippen LogP contribution in [0.1, 0.15) is 0 Å². The van der Waals surface area contributed by atoms with Crippen molar-refractivity contribution < 1.29 is 0 Å². The van der Waals surface area contributed by atoms with Gasteiger partial charge in [0.15, 0.2) is 5.82 Å². The molecule has 0 saturated carbocycles. The molecule has 0 fully saturated rings. The van der Waals surface area contributed by atoms with E-state index >= 15 is 0 Å². The molecule has 5 heteroatoms. The number of hydrogen-bond acceptors (Lipinski definition) is 5. The Kier molecular flexibility index (Phi) is 1.50. The fraction of sp³-hybridized carbons (Fsp3) is 0.167. The minimum absolute atomic E-state index is 0.614. The highest BCUT2D eigenvalue weighted by Gasteiger charge is 2.11. The Balaban J connectivity index is 2.51. The van der Waals surface area contributed by atoms with Crippen molar-refractivity contribution in [1.82, 2.24) is 9.97 Å². The Morgan fingerprint density at radius 3 is 3.09 bits per heavy atom. The molecule has 1 aliphatic rings. The molecule has 0 amide bonds. The Morgan fingerprint density at radius 1 is 1.36 bits per heavy atom. The zero-order chi connectivity index (χ0) is 7.68. The third kappa shape index (κ3) is 1.19. The van der Waals surface area contributed by atoms with E-state index in [9.17, 15) is 0 Å². The molecule has 0 radical (unpaired) electrons. The van der Waals surface area contributed by atoms with Gasteiger partial charge in [0.05, 0.1) is 5.75 Å². The fourth-order valence-corrected chi connectivity index (χ4v) is 1.52. The van der Waals surface area contributed by atoms with Crippen LogP contribution in [0.5, 0.6) is 0 Å². The van der Waals surface area contributed by atoms with Gasteiger partial charge in [0.2, 0.25) is 0 Å². The molecule has 0 unspecified atom stereocenters. The number of nitrogens with two attached hydrogens (primary N) is 1. The molecule has 0 aromatic carbocycles. The van der Waals surface area contributed by atoms with Crippen LogP contribution >= 0.6 is 11.8 Å². The van der Waals surface area contributed by atoms with Crippen molar-refractivity contribution in [2.45, 2.75) is 5.03 Å². The van der Waals surface area contributed by atoms with Crippen LogP contribution in [0.15, 0.2) is 22.4 Å². The van der Waals surface area contributed by atoms with Crippen molar-refractivity contribution >= 4 is 23.4 Å². The maximum absolute atomic E-state index is 5.51. The van der Waals surface area contributed by atoms with E-state index in [-0.39, 0.29) is 0 Å². The lowest BCUT2D eigenvalue weighted by atomic mass is 10.6. The van der Waals surface area contributed by atoms with Crippen molar-refractivity contribution in [3.05, 3.63) is 12.4 Å². The Morgan fingerprint density at radius 2 is 2.18 bits per heavy atom. The van der Waals surface area contributed by atoms with Crippen LogP contribution in [-0.2, 0) is 0 Å². The molecule has 2 heterocycles. The maximum Gasteiger partial charge on any atom is 0.186 e. The van der Waals surface area contributed by atoms with Gasteiger partial charge in [0.1, 0.15) is 10.9 Å². The van der Waals surface area contributed by atoms with E-state index in [1.54, 1.807) is 24.2 Å². The quantitative estimate of drug-likeness (QED) is 0.612. The molecule has 0 atom stereocenters. The Labute approximate surface area is 68.0 Å². The highest BCUT2D eigenvalue weighted by atomic mass is 32.2. The van der Waals surface area contributed by atoms with Crippen LogP contribution in [0.2, 0.25) is 0 Å². The lowest BCUT2D eigenvalue weighted by Gasteiger charge is -2.08. The van der Waals surface area contributed by atoms with Crippen LogP contribution in [0, 0.1) is 0 Å². The van der Waals surface area contributed by atoms with Crippen LogP contribution in [0.25, 0.3) is 0 Å². The van der Waals surface area contributed by atoms with Gasteiger partial charge in [-0.25, -0.2) is 15.0 Å². The molecule has 1 aromatic heterocycles. The lowest BCUT2D eigenvalue weighted by Crippen LogP contribution is -2.16. The van der Waals surface area contributed by atoms with Crippen molar-refractivity contribution in [3.63, 3.8) is 0 Å². The zero-order valence-electron chi connectivity index (χ0n) is 5.69. The fourth-order valence-electron chi connectivity index (χ4n) is 0.807. The van der Waals surface area contributed by atoms with E-state index in [1.807, 2.05) is 0 Å². The van der Waals surface area contributed by atoms with E-state index in [1.165, 1.54) is 0 Å². The number of fused-ring (bicyclic) bond motifs is 1. The summed E-state index contributed by atoms with van der Waals surface area (Å²) in [6.45, 7) is 0. The van der Waals surface area contributed by atoms with Crippen molar-refractivity contribution in [2.24, 2.45) is 10.7 Å². The van der Waals surface area contributed by atoms with E-state index in [0.29, 0.717) is 17.4 Å². The third-order valence-corrected chi connectivity index (χ3v) is 2.25. The number of aliphatic imine (C=N–C) groups is 1. The van der Waals surface area contributed by atoms with Crippen molar-refractivity contribution in [2.75, 3.05) is 5.75 Å². The lowest BCUT2D eigenvalue weighted by molar-refractivity contribution is 1.04. The molecular weight excluding hydrogens is 160 g/mol. The van der Waals surface area contributed by atoms with E-state index in [2.05, 4.69) is 15.0 Å². The average Bonchev–Trinajstić information content (AvgIpc) is 2.04. The number of aromatic nitrogens is 2. The Bertz CT molecular complexity index is 309. The number of rotatable bonds is 0. The summed E-state index contributed by atoms with van der Waals surface area (Å²) in [4.78, 5) is 12.2. The van der Waals surface area contributed by atoms with Crippen LogP contribution in [0.4, 0.5) is 5.82 Å². The summed E-state index contributed by atoms with van der Waals surface area (Å²) in [5.41, 5.74) is 5.51. The SMILES string of the molecule is NC1=Nc2nccnc2SC1. The largest absolute Gasteiger partial charge is 0.386 e. The van der Waals surface area contributed by atoms with Gasteiger partial charge in [-0.15, -0.1) is 0 Å². The monoisotopic (exact) mass is 166 g/mol. The molecule has 0 saturated heterocycles. The van der Waals surface area contributed by atoms with Gasteiger partial charge in [-0.1, -0.05) is 11.8 Å². The maximum atomic E-state index is 5.51. The average molecular weight is 166 g/mol. The third-order valence-electron chi connectivity index (χ3n) is 1.25. The number of thioether (sulfide) groups is 1. The molecule has 0 aliphatic carbocycles. The molecule has 11 heavy (non-hydrogen) atoms. The van der Waals surface area contributed by atoms with E-state index < -0.39 is 0 Å². The highest BCUT2D eigenvalue weighted by Crippen LogP contribution is 2.27.